The SMILES string of the molecule is CC(C)C(=O)N1CCN(c2ccccc2NC(=O)CC23CC4CC(CC(C4)C2)C3)CC1. The van der Waals surface area contributed by atoms with Gasteiger partial charge in [-0.25, -0.2) is 0 Å². The average Bonchev–Trinajstić information content (AvgIpc) is 2.72. The molecule has 168 valence electrons. The van der Waals surface area contributed by atoms with Crippen LogP contribution in [0.2, 0.25) is 0 Å². The van der Waals surface area contributed by atoms with Crippen molar-refractivity contribution in [1.82, 2.24) is 4.90 Å². The van der Waals surface area contributed by atoms with Gasteiger partial charge >= 0.3 is 0 Å². The van der Waals surface area contributed by atoms with Gasteiger partial charge in [0.2, 0.25) is 11.8 Å². The summed E-state index contributed by atoms with van der Waals surface area (Å²) in [6.45, 7) is 7.02. The maximum atomic E-state index is 13.2. The molecule has 0 radical (unpaired) electrons. The Morgan fingerprint density at radius 3 is 2.13 bits per heavy atom. The maximum Gasteiger partial charge on any atom is 0.225 e. The zero-order valence-electron chi connectivity index (χ0n) is 19.1. The summed E-state index contributed by atoms with van der Waals surface area (Å²) in [4.78, 5) is 29.7. The summed E-state index contributed by atoms with van der Waals surface area (Å²) in [6.07, 6.45) is 8.71. The number of nitrogens with zero attached hydrogens (tertiary/aromatic N) is 2. The van der Waals surface area contributed by atoms with E-state index in [2.05, 4.69) is 16.3 Å². The minimum Gasteiger partial charge on any atom is -0.366 e. The molecule has 5 nitrogen and oxygen atoms in total. The summed E-state index contributed by atoms with van der Waals surface area (Å²) >= 11 is 0. The van der Waals surface area contributed by atoms with Crippen molar-refractivity contribution < 1.29 is 9.59 Å². The molecule has 5 aliphatic rings. The predicted molar refractivity (Wildman–Crippen MR) is 124 cm³/mol. The fourth-order valence-electron chi connectivity index (χ4n) is 7.43. The van der Waals surface area contributed by atoms with Crippen molar-refractivity contribution in [1.29, 1.82) is 0 Å². The van der Waals surface area contributed by atoms with Crippen LogP contribution in [0.25, 0.3) is 0 Å². The Balaban J connectivity index is 1.23. The zero-order valence-corrected chi connectivity index (χ0v) is 19.1. The van der Waals surface area contributed by atoms with Crippen LogP contribution in [0.1, 0.15) is 58.8 Å². The highest BCUT2D eigenvalue weighted by Gasteiger charge is 2.51. The van der Waals surface area contributed by atoms with Crippen LogP contribution in [0.4, 0.5) is 11.4 Å². The first-order valence-electron chi connectivity index (χ1n) is 12.3. The first-order chi connectivity index (χ1) is 14.9. The number of para-hydroxylation sites is 2. The van der Waals surface area contributed by atoms with E-state index in [9.17, 15) is 9.59 Å². The van der Waals surface area contributed by atoms with Crippen LogP contribution >= 0.6 is 0 Å². The molecule has 0 spiro atoms. The molecule has 1 N–H and O–H groups in total. The lowest BCUT2D eigenvalue weighted by atomic mass is 9.49. The van der Waals surface area contributed by atoms with E-state index in [1.165, 1.54) is 38.5 Å². The minimum atomic E-state index is 0.0442. The molecule has 6 rings (SSSR count). The van der Waals surface area contributed by atoms with Gasteiger partial charge < -0.3 is 15.1 Å². The second-order valence-electron chi connectivity index (χ2n) is 11.1. The smallest absolute Gasteiger partial charge is 0.225 e. The Morgan fingerprint density at radius 1 is 0.968 bits per heavy atom. The third-order valence-corrected chi connectivity index (χ3v) is 8.30. The number of anilines is 2. The normalized spacial score (nSPS) is 31.9. The van der Waals surface area contributed by atoms with Crippen LogP contribution in [0.15, 0.2) is 24.3 Å². The minimum absolute atomic E-state index is 0.0442. The molecule has 1 aromatic carbocycles. The number of hydrogen-bond acceptors (Lipinski definition) is 3. The summed E-state index contributed by atoms with van der Waals surface area (Å²) < 4.78 is 0. The fourth-order valence-corrected chi connectivity index (χ4v) is 7.43. The Bertz CT molecular complexity index is 806. The van der Waals surface area contributed by atoms with E-state index < -0.39 is 0 Å². The topological polar surface area (TPSA) is 52.7 Å². The van der Waals surface area contributed by atoms with Gasteiger partial charge in [-0.1, -0.05) is 26.0 Å². The van der Waals surface area contributed by atoms with Crippen molar-refractivity contribution in [3.05, 3.63) is 24.3 Å². The highest BCUT2D eigenvalue weighted by Crippen LogP contribution is 2.61. The number of piperazine rings is 1. The molecule has 1 saturated heterocycles. The summed E-state index contributed by atoms with van der Waals surface area (Å²) in [7, 11) is 0. The summed E-state index contributed by atoms with van der Waals surface area (Å²) in [6, 6.07) is 8.16. The van der Waals surface area contributed by atoms with Gasteiger partial charge in [-0.2, -0.15) is 0 Å². The van der Waals surface area contributed by atoms with E-state index in [1.807, 2.05) is 36.9 Å². The number of carbonyl (C=O) groups is 2. The second kappa shape index (κ2) is 8.14. The van der Waals surface area contributed by atoms with E-state index in [-0.39, 0.29) is 23.1 Å². The third kappa shape index (κ3) is 4.20. The van der Waals surface area contributed by atoms with Gasteiger partial charge in [0.05, 0.1) is 11.4 Å². The van der Waals surface area contributed by atoms with Crippen molar-refractivity contribution in [3.8, 4) is 0 Å². The highest BCUT2D eigenvalue weighted by molar-refractivity contribution is 5.94. The van der Waals surface area contributed by atoms with E-state index in [4.69, 9.17) is 0 Å². The Labute approximate surface area is 186 Å². The average molecular weight is 424 g/mol. The molecule has 4 bridgehead atoms. The number of amides is 2. The molecule has 5 heteroatoms. The van der Waals surface area contributed by atoms with Gasteiger partial charge in [-0.3, -0.25) is 9.59 Å². The molecule has 1 aromatic rings. The molecule has 0 aromatic heterocycles. The van der Waals surface area contributed by atoms with Gasteiger partial charge in [-0.15, -0.1) is 0 Å². The second-order valence-corrected chi connectivity index (χ2v) is 11.1. The van der Waals surface area contributed by atoms with Crippen LogP contribution < -0.4 is 10.2 Å². The summed E-state index contributed by atoms with van der Waals surface area (Å²) in [5.41, 5.74) is 2.26. The molecule has 4 saturated carbocycles. The van der Waals surface area contributed by atoms with Crippen LogP contribution in [0, 0.1) is 29.1 Å². The van der Waals surface area contributed by atoms with Gasteiger partial charge in [-0.05, 0) is 73.8 Å². The third-order valence-electron chi connectivity index (χ3n) is 8.30. The van der Waals surface area contributed by atoms with Crippen molar-refractivity contribution >= 4 is 23.2 Å². The van der Waals surface area contributed by atoms with E-state index in [1.54, 1.807) is 0 Å². The lowest BCUT2D eigenvalue weighted by Gasteiger charge is -2.56. The summed E-state index contributed by atoms with van der Waals surface area (Å²) in [5, 5.41) is 3.27. The fraction of sp³-hybridized carbons (Fsp3) is 0.692. The standard InChI is InChI=1S/C26H37N3O2/c1-18(2)25(31)29-9-7-28(8-10-29)23-6-4-3-5-22(23)27-24(30)17-26-14-19-11-20(15-26)13-21(12-19)16-26/h3-6,18-21H,7-17H2,1-2H3,(H,27,30). The monoisotopic (exact) mass is 423 g/mol. The maximum absolute atomic E-state index is 13.2. The predicted octanol–water partition coefficient (Wildman–Crippen LogP) is 4.54. The van der Waals surface area contributed by atoms with Crippen LogP contribution in [0.3, 0.4) is 0 Å². The van der Waals surface area contributed by atoms with Gasteiger partial charge in [0, 0.05) is 38.5 Å². The van der Waals surface area contributed by atoms with Gasteiger partial charge in [0.15, 0.2) is 0 Å². The van der Waals surface area contributed by atoms with Crippen molar-refractivity contribution in [2.24, 2.45) is 29.1 Å². The van der Waals surface area contributed by atoms with Crippen LogP contribution in [-0.4, -0.2) is 42.9 Å². The number of benzene rings is 1. The lowest BCUT2D eigenvalue weighted by Crippen LogP contribution is -2.50. The Hall–Kier alpha value is -2.04. The first kappa shape index (κ1) is 20.8. The van der Waals surface area contributed by atoms with E-state index in [0.717, 1.165) is 55.3 Å². The molecular formula is C26H37N3O2. The largest absolute Gasteiger partial charge is 0.366 e. The molecule has 31 heavy (non-hydrogen) atoms. The van der Waals surface area contributed by atoms with Crippen molar-refractivity contribution in [3.63, 3.8) is 0 Å². The van der Waals surface area contributed by atoms with Crippen LogP contribution in [0.5, 0.6) is 0 Å². The number of nitrogens with one attached hydrogen (secondary N) is 1. The van der Waals surface area contributed by atoms with Crippen molar-refractivity contribution in [2.45, 2.75) is 58.8 Å². The molecule has 0 atom stereocenters. The van der Waals surface area contributed by atoms with E-state index >= 15 is 0 Å². The Kier molecular flexibility index (Phi) is 5.47. The Morgan fingerprint density at radius 2 is 1.55 bits per heavy atom. The highest BCUT2D eigenvalue weighted by atomic mass is 16.2. The van der Waals surface area contributed by atoms with E-state index in [0.29, 0.717) is 6.42 Å². The number of rotatable bonds is 5. The molecule has 1 heterocycles. The van der Waals surface area contributed by atoms with Crippen LogP contribution in [-0.2, 0) is 9.59 Å². The molecular weight excluding hydrogens is 386 g/mol. The molecule has 0 unspecified atom stereocenters. The lowest BCUT2D eigenvalue weighted by molar-refractivity contribution is -0.134. The van der Waals surface area contributed by atoms with Gasteiger partial charge in [0.25, 0.3) is 0 Å². The quantitative estimate of drug-likeness (QED) is 0.757. The van der Waals surface area contributed by atoms with Gasteiger partial charge in [0.1, 0.15) is 0 Å². The first-order valence-corrected chi connectivity index (χ1v) is 12.3. The zero-order chi connectivity index (χ0) is 21.6. The molecule has 1 aliphatic heterocycles. The van der Waals surface area contributed by atoms with Crippen molar-refractivity contribution in [2.75, 3.05) is 36.4 Å². The molecule has 2 amide bonds. The molecule has 4 aliphatic carbocycles. The number of hydrogen-bond donors (Lipinski definition) is 1. The number of carbonyl (C=O) groups excluding carboxylic acids is 2. The summed E-state index contributed by atoms with van der Waals surface area (Å²) in [5.74, 6) is 3.08. The molecule has 5 fully saturated rings.